The molecule has 15 heavy (non-hydrogen) atoms. The van der Waals surface area contributed by atoms with Crippen LogP contribution >= 0.6 is 11.6 Å². The number of carbonyl (C=O) groups is 1. The summed E-state index contributed by atoms with van der Waals surface area (Å²) in [4.78, 5) is 10.7. The van der Waals surface area contributed by atoms with E-state index in [1.807, 2.05) is 0 Å². The summed E-state index contributed by atoms with van der Waals surface area (Å²) in [6.07, 6.45) is 1.57. The molecule has 1 heterocycles. The van der Waals surface area contributed by atoms with Crippen LogP contribution in [0.4, 0.5) is 0 Å². The van der Waals surface area contributed by atoms with Crippen molar-refractivity contribution in [1.82, 2.24) is 0 Å². The molecule has 2 N–H and O–H groups in total. The van der Waals surface area contributed by atoms with E-state index >= 15 is 0 Å². The van der Waals surface area contributed by atoms with E-state index in [0.29, 0.717) is 12.2 Å². The van der Waals surface area contributed by atoms with E-state index in [9.17, 15) is 9.90 Å². The summed E-state index contributed by atoms with van der Waals surface area (Å²) in [5.74, 6) is -0.723. The summed E-state index contributed by atoms with van der Waals surface area (Å²) in [5, 5.41) is 19.1. The van der Waals surface area contributed by atoms with Gasteiger partial charge in [-0.25, -0.2) is 0 Å². The van der Waals surface area contributed by atoms with Gasteiger partial charge in [0, 0.05) is 0 Å². The number of hydrogen-bond donors (Lipinski definition) is 2. The Morgan fingerprint density at radius 2 is 2.40 bits per heavy atom. The second-order valence-corrected chi connectivity index (χ2v) is 4.23. The molecule has 1 aromatic rings. The highest BCUT2D eigenvalue weighted by Gasteiger charge is 2.40. The van der Waals surface area contributed by atoms with Crippen molar-refractivity contribution in [3.63, 3.8) is 0 Å². The van der Waals surface area contributed by atoms with Gasteiger partial charge in [-0.05, 0) is 42.5 Å². The Morgan fingerprint density at radius 3 is 3.07 bits per heavy atom. The van der Waals surface area contributed by atoms with Crippen LogP contribution in [0.1, 0.15) is 30.6 Å². The number of aliphatic carboxylic acids is 1. The SMILES string of the molecule is O=C(O)CC1(O)CCCc2cc(Cl)oc21. The fourth-order valence-corrected chi connectivity index (χ4v) is 2.29. The summed E-state index contributed by atoms with van der Waals surface area (Å²) < 4.78 is 5.17. The lowest BCUT2D eigenvalue weighted by Crippen LogP contribution is -2.32. The molecule has 1 aliphatic carbocycles. The van der Waals surface area contributed by atoms with E-state index < -0.39 is 11.6 Å². The van der Waals surface area contributed by atoms with Crippen molar-refractivity contribution in [1.29, 1.82) is 0 Å². The number of rotatable bonds is 2. The van der Waals surface area contributed by atoms with Crippen LogP contribution < -0.4 is 0 Å². The van der Waals surface area contributed by atoms with Gasteiger partial charge in [0.25, 0.3) is 0 Å². The normalized spacial score (nSPS) is 24.9. The fraction of sp³-hybridized carbons (Fsp3) is 0.500. The van der Waals surface area contributed by atoms with E-state index in [0.717, 1.165) is 18.4 Å². The highest BCUT2D eigenvalue weighted by atomic mass is 35.5. The van der Waals surface area contributed by atoms with Crippen LogP contribution in [0.5, 0.6) is 0 Å². The fourth-order valence-electron chi connectivity index (χ4n) is 2.08. The van der Waals surface area contributed by atoms with Crippen molar-refractivity contribution in [3.05, 3.63) is 22.6 Å². The maximum Gasteiger partial charge on any atom is 0.306 e. The Hall–Kier alpha value is -1.00. The first-order valence-electron chi connectivity index (χ1n) is 4.74. The third kappa shape index (κ3) is 1.87. The zero-order valence-corrected chi connectivity index (χ0v) is 8.75. The Labute approximate surface area is 91.5 Å². The van der Waals surface area contributed by atoms with Gasteiger partial charge in [-0.15, -0.1) is 0 Å². The second-order valence-electron chi connectivity index (χ2n) is 3.86. The first-order chi connectivity index (χ1) is 7.01. The molecule has 0 fully saturated rings. The zero-order chi connectivity index (χ0) is 11.1. The average Bonchev–Trinajstić information content (AvgIpc) is 2.45. The molecule has 82 valence electrons. The number of aliphatic hydroxyl groups is 1. The Balaban J connectivity index is 2.39. The summed E-state index contributed by atoms with van der Waals surface area (Å²) in [5.41, 5.74) is -0.581. The van der Waals surface area contributed by atoms with Crippen molar-refractivity contribution in [2.75, 3.05) is 0 Å². The van der Waals surface area contributed by atoms with Gasteiger partial charge < -0.3 is 14.6 Å². The van der Waals surface area contributed by atoms with Crippen molar-refractivity contribution in [2.24, 2.45) is 0 Å². The van der Waals surface area contributed by atoms with E-state index in [1.54, 1.807) is 6.07 Å². The van der Waals surface area contributed by atoms with Crippen LogP contribution in [0.2, 0.25) is 5.22 Å². The molecule has 4 nitrogen and oxygen atoms in total. The quantitative estimate of drug-likeness (QED) is 0.815. The van der Waals surface area contributed by atoms with Crippen LogP contribution in [0.3, 0.4) is 0 Å². The molecular weight excluding hydrogens is 220 g/mol. The lowest BCUT2D eigenvalue weighted by atomic mass is 9.82. The third-order valence-electron chi connectivity index (χ3n) is 2.68. The minimum atomic E-state index is -1.40. The van der Waals surface area contributed by atoms with Gasteiger partial charge in [0.15, 0.2) is 5.22 Å². The van der Waals surface area contributed by atoms with Crippen LogP contribution in [-0.4, -0.2) is 16.2 Å². The van der Waals surface area contributed by atoms with Gasteiger partial charge >= 0.3 is 5.97 Å². The monoisotopic (exact) mass is 230 g/mol. The standard InChI is InChI=1S/C10H11ClO4/c11-7-4-6-2-1-3-10(14,5-8(12)13)9(6)15-7/h4,14H,1-3,5H2,(H,12,13). The van der Waals surface area contributed by atoms with Crippen LogP contribution in [0.25, 0.3) is 0 Å². The molecule has 0 aromatic carbocycles. The summed E-state index contributed by atoms with van der Waals surface area (Å²) >= 11 is 5.69. The largest absolute Gasteiger partial charge is 0.481 e. The van der Waals surface area contributed by atoms with Gasteiger partial charge in [0.05, 0.1) is 6.42 Å². The van der Waals surface area contributed by atoms with Crippen molar-refractivity contribution in [3.8, 4) is 0 Å². The van der Waals surface area contributed by atoms with Crippen molar-refractivity contribution in [2.45, 2.75) is 31.3 Å². The molecule has 1 aliphatic rings. The molecule has 0 saturated carbocycles. The average molecular weight is 231 g/mol. The topological polar surface area (TPSA) is 70.7 Å². The van der Waals surface area contributed by atoms with E-state index in [4.69, 9.17) is 21.1 Å². The molecule has 0 amide bonds. The van der Waals surface area contributed by atoms with Crippen molar-refractivity contribution >= 4 is 17.6 Å². The molecular formula is C10H11ClO4. The highest BCUT2D eigenvalue weighted by molar-refractivity contribution is 6.28. The molecule has 5 heteroatoms. The van der Waals surface area contributed by atoms with E-state index in [-0.39, 0.29) is 11.6 Å². The maximum absolute atomic E-state index is 10.7. The first kappa shape index (κ1) is 10.5. The number of carboxylic acid groups (broad SMARTS) is 1. The minimum absolute atomic E-state index is 0.200. The molecule has 0 radical (unpaired) electrons. The number of hydrogen-bond acceptors (Lipinski definition) is 3. The third-order valence-corrected chi connectivity index (χ3v) is 2.87. The molecule has 0 saturated heterocycles. The molecule has 0 bridgehead atoms. The Morgan fingerprint density at radius 1 is 1.67 bits per heavy atom. The smallest absolute Gasteiger partial charge is 0.306 e. The van der Waals surface area contributed by atoms with Gasteiger partial charge in [-0.3, -0.25) is 4.79 Å². The summed E-state index contributed by atoms with van der Waals surface area (Å²) in [6.45, 7) is 0. The Bertz CT molecular complexity index is 398. The molecule has 2 rings (SSSR count). The predicted octanol–water partition coefficient (Wildman–Crippen LogP) is 1.93. The number of furan rings is 1. The van der Waals surface area contributed by atoms with Crippen molar-refractivity contribution < 1.29 is 19.4 Å². The molecule has 1 atom stereocenters. The second kappa shape index (κ2) is 3.54. The first-order valence-corrected chi connectivity index (χ1v) is 5.12. The van der Waals surface area contributed by atoms with Gasteiger partial charge in [0.1, 0.15) is 11.4 Å². The van der Waals surface area contributed by atoms with Crippen LogP contribution in [0, 0.1) is 0 Å². The van der Waals surface area contributed by atoms with Crippen LogP contribution in [-0.2, 0) is 16.8 Å². The summed E-state index contributed by atoms with van der Waals surface area (Å²) in [6, 6.07) is 1.64. The van der Waals surface area contributed by atoms with Gasteiger partial charge in [-0.1, -0.05) is 0 Å². The number of fused-ring (bicyclic) bond motifs is 1. The van der Waals surface area contributed by atoms with Gasteiger partial charge in [-0.2, -0.15) is 0 Å². The van der Waals surface area contributed by atoms with E-state index in [2.05, 4.69) is 0 Å². The van der Waals surface area contributed by atoms with E-state index in [1.165, 1.54) is 0 Å². The number of halogens is 1. The number of aryl methyl sites for hydroxylation is 1. The minimum Gasteiger partial charge on any atom is -0.481 e. The lowest BCUT2D eigenvalue weighted by Gasteiger charge is -2.29. The van der Waals surface area contributed by atoms with Crippen LogP contribution in [0.15, 0.2) is 10.5 Å². The molecule has 1 unspecified atom stereocenters. The predicted molar refractivity (Wildman–Crippen MR) is 52.8 cm³/mol. The zero-order valence-electron chi connectivity index (χ0n) is 7.99. The molecule has 1 aromatic heterocycles. The molecule has 0 spiro atoms. The summed E-state index contributed by atoms with van der Waals surface area (Å²) in [7, 11) is 0. The maximum atomic E-state index is 10.7. The Kier molecular flexibility index (Phi) is 2.48. The molecule has 0 aliphatic heterocycles. The van der Waals surface area contributed by atoms with Gasteiger partial charge in [0.2, 0.25) is 0 Å². The number of carboxylic acids is 1. The highest BCUT2D eigenvalue weighted by Crippen LogP contribution is 2.40. The lowest BCUT2D eigenvalue weighted by molar-refractivity contribution is -0.144.